The molecule has 12 heavy (non-hydrogen) atoms. The normalized spacial score (nSPS) is 22.6. The van der Waals surface area contributed by atoms with Crippen molar-refractivity contribution in [3.8, 4) is 0 Å². The van der Waals surface area contributed by atoms with E-state index in [9.17, 15) is 8.42 Å². The van der Waals surface area contributed by atoms with Crippen molar-refractivity contribution in [3.63, 3.8) is 0 Å². The van der Waals surface area contributed by atoms with Crippen molar-refractivity contribution in [2.75, 3.05) is 18.1 Å². The third-order valence-corrected chi connectivity index (χ3v) is 3.86. The van der Waals surface area contributed by atoms with Crippen molar-refractivity contribution < 1.29 is 13.2 Å². The van der Waals surface area contributed by atoms with E-state index in [1.807, 2.05) is 0 Å². The summed E-state index contributed by atoms with van der Waals surface area (Å²) in [5.41, 5.74) is 0. The van der Waals surface area contributed by atoms with Crippen molar-refractivity contribution >= 4 is 9.84 Å². The molecular formula is C8H16O3S. The topological polar surface area (TPSA) is 46.7 Å². The average molecular weight is 192 g/mol. The fraction of sp³-hybridized carbons (Fsp3) is 1.00. The fourth-order valence-electron chi connectivity index (χ4n) is 1.07. The molecule has 4 heteroatoms. The maximum atomic E-state index is 11.0. The summed E-state index contributed by atoms with van der Waals surface area (Å²) in [6, 6.07) is 0. The Morgan fingerprint density at radius 1 is 1.42 bits per heavy atom. The first kappa shape index (κ1) is 9.99. The van der Waals surface area contributed by atoms with E-state index in [4.69, 9.17) is 4.74 Å². The summed E-state index contributed by atoms with van der Waals surface area (Å²) in [5.74, 6) is 0.614. The average Bonchev–Trinajstić information content (AvgIpc) is 2.82. The lowest BCUT2D eigenvalue weighted by molar-refractivity contribution is 0.391. The van der Waals surface area contributed by atoms with Crippen LogP contribution in [0.15, 0.2) is 0 Å². The predicted octanol–water partition coefficient (Wildman–Crippen LogP) is 0.990. The first-order valence-electron chi connectivity index (χ1n) is 4.46. The highest BCUT2D eigenvalue weighted by Crippen LogP contribution is 2.16. The molecule has 1 heterocycles. The Hall–Kier alpha value is -0.0900. The van der Waals surface area contributed by atoms with Gasteiger partial charge in [0.2, 0.25) is 0 Å². The zero-order valence-electron chi connectivity index (χ0n) is 7.45. The molecule has 0 aromatic rings. The van der Waals surface area contributed by atoms with Crippen LogP contribution in [0.4, 0.5) is 0 Å². The molecule has 0 spiro atoms. The van der Waals surface area contributed by atoms with E-state index in [0.29, 0.717) is 11.9 Å². The van der Waals surface area contributed by atoms with Crippen LogP contribution in [0, 0.1) is 0 Å². The third kappa shape index (κ3) is 4.07. The molecule has 0 N–H and O–H groups in total. The summed E-state index contributed by atoms with van der Waals surface area (Å²) < 4.78 is 27.1. The smallest absolute Gasteiger partial charge is 0.150 e. The van der Waals surface area contributed by atoms with Crippen molar-refractivity contribution in [2.24, 2.45) is 0 Å². The molecule has 0 bridgehead atoms. The van der Waals surface area contributed by atoms with E-state index >= 15 is 0 Å². The minimum Gasteiger partial charge on any atom is -0.373 e. The van der Waals surface area contributed by atoms with Gasteiger partial charge in [0, 0.05) is 5.75 Å². The van der Waals surface area contributed by atoms with Gasteiger partial charge in [-0.2, -0.15) is 0 Å². The minimum absolute atomic E-state index is 0.271. The summed E-state index contributed by atoms with van der Waals surface area (Å²) in [6.07, 6.45) is 3.23. The van der Waals surface area contributed by atoms with Crippen molar-refractivity contribution in [1.82, 2.24) is 0 Å². The summed E-state index contributed by atoms with van der Waals surface area (Å²) in [4.78, 5) is 0. The van der Waals surface area contributed by atoms with E-state index < -0.39 is 9.84 Å². The van der Waals surface area contributed by atoms with Crippen LogP contribution in [0.3, 0.4) is 0 Å². The summed E-state index contributed by atoms with van der Waals surface area (Å²) >= 11 is 0. The van der Waals surface area contributed by atoms with E-state index in [1.54, 1.807) is 6.92 Å². The van der Waals surface area contributed by atoms with Gasteiger partial charge in [-0.25, -0.2) is 8.42 Å². The SMILES string of the molecule is CCS(=O)(=O)CCCCC1CO1. The molecule has 3 nitrogen and oxygen atoms in total. The molecule has 0 radical (unpaired) electrons. The number of sulfone groups is 1. The second-order valence-electron chi connectivity index (χ2n) is 3.19. The zero-order chi connectivity index (χ0) is 9.03. The summed E-state index contributed by atoms with van der Waals surface area (Å²) in [7, 11) is -2.74. The molecule has 0 amide bonds. The van der Waals surface area contributed by atoms with Gasteiger partial charge in [-0.15, -0.1) is 0 Å². The van der Waals surface area contributed by atoms with Crippen molar-refractivity contribution in [1.29, 1.82) is 0 Å². The van der Waals surface area contributed by atoms with Gasteiger partial charge in [0.25, 0.3) is 0 Å². The fourth-order valence-corrected chi connectivity index (χ4v) is 2.01. The third-order valence-electron chi connectivity index (χ3n) is 2.07. The van der Waals surface area contributed by atoms with Gasteiger partial charge in [0.1, 0.15) is 9.84 Å². The first-order valence-corrected chi connectivity index (χ1v) is 6.28. The number of hydrogen-bond donors (Lipinski definition) is 0. The van der Waals surface area contributed by atoms with Crippen LogP contribution in [0.5, 0.6) is 0 Å². The second kappa shape index (κ2) is 4.23. The molecule has 0 aliphatic carbocycles. The number of rotatable bonds is 6. The molecule has 1 fully saturated rings. The van der Waals surface area contributed by atoms with Gasteiger partial charge in [0.15, 0.2) is 0 Å². The van der Waals surface area contributed by atoms with Gasteiger partial charge >= 0.3 is 0 Å². The van der Waals surface area contributed by atoms with Crippen LogP contribution in [0.1, 0.15) is 26.2 Å². The first-order chi connectivity index (χ1) is 5.64. The van der Waals surface area contributed by atoms with Crippen LogP contribution in [0.25, 0.3) is 0 Å². The molecule has 1 saturated heterocycles. The van der Waals surface area contributed by atoms with Crippen LogP contribution < -0.4 is 0 Å². The molecule has 0 aromatic carbocycles. The number of ether oxygens (including phenoxy) is 1. The lowest BCUT2D eigenvalue weighted by atomic mass is 10.2. The number of epoxide rings is 1. The van der Waals surface area contributed by atoms with Gasteiger partial charge in [0.05, 0.1) is 18.5 Å². The Morgan fingerprint density at radius 3 is 2.58 bits per heavy atom. The Labute approximate surface area is 74.0 Å². The largest absolute Gasteiger partial charge is 0.373 e. The van der Waals surface area contributed by atoms with E-state index in [-0.39, 0.29) is 5.75 Å². The van der Waals surface area contributed by atoms with E-state index in [1.165, 1.54) is 0 Å². The standard InChI is InChI=1S/C8H16O3S/c1-2-12(9,10)6-4-3-5-8-7-11-8/h8H,2-7H2,1H3. The van der Waals surface area contributed by atoms with Gasteiger partial charge < -0.3 is 4.74 Å². The monoisotopic (exact) mass is 192 g/mol. The number of unbranched alkanes of at least 4 members (excludes halogenated alkanes) is 1. The van der Waals surface area contributed by atoms with E-state index in [0.717, 1.165) is 25.9 Å². The van der Waals surface area contributed by atoms with Gasteiger partial charge in [-0.3, -0.25) is 0 Å². The maximum absolute atomic E-state index is 11.0. The molecule has 72 valence electrons. The van der Waals surface area contributed by atoms with Crippen LogP contribution in [-0.4, -0.2) is 32.6 Å². The lowest BCUT2D eigenvalue weighted by Crippen LogP contribution is -2.08. The van der Waals surface area contributed by atoms with E-state index in [2.05, 4.69) is 0 Å². The molecular weight excluding hydrogens is 176 g/mol. The Morgan fingerprint density at radius 2 is 2.08 bits per heavy atom. The highest BCUT2D eigenvalue weighted by Gasteiger charge is 2.21. The Bertz CT molecular complexity index is 216. The summed E-state index contributed by atoms with van der Waals surface area (Å²) in [6.45, 7) is 2.57. The van der Waals surface area contributed by atoms with Crippen LogP contribution >= 0.6 is 0 Å². The van der Waals surface area contributed by atoms with Gasteiger partial charge in [-0.1, -0.05) is 6.92 Å². The lowest BCUT2D eigenvalue weighted by Gasteiger charge is -1.99. The maximum Gasteiger partial charge on any atom is 0.150 e. The number of hydrogen-bond acceptors (Lipinski definition) is 3. The predicted molar refractivity (Wildman–Crippen MR) is 47.9 cm³/mol. The van der Waals surface area contributed by atoms with Crippen LogP contribution in [-0.2, 0) is 14.6 Å². The quantitative estimate of drug-likeness (QED) is 0.466. The molecule has 0 saturated carbocycles. The molecule has 0 aromatic heterocycles. The van der Waals surface area contributed by atoms with Crippen molar-refractivity contribution in [2.45, 2.75) is 32.3 Å². The zero-order valence-corrected chi connectivity index (χ0v) is 8.27. The van der Waals surface area contributed by atoms with Gasteiger partial charge in [-0.05, 0) is 19.3 Å². The Balaban J connectivity index is 2.00. The minimum atomic E-state index is -2.74. The highest BCUT2D eigenvalue weighted by atomic mass is 32.2. The molecule has 1 aliphatic heterocycles. The molecule has 1 aliphatic rings. The second-order valence-corrected chi connectivity index (χ2v) is 5.66. The molecule has 1 rings (SSSR count). The Kier molecular flexibility index (Phi) is 3.53. The molecule has 1 unspecified atom stereocenters. The highest BCUT2D eigenvalue weighted by molar-refractivity contribution is 7.91. The van der Waals surface area contributed by atoms with Crippen molar-refractivity contribution in [3.05, 3.63) is 0 Å². The van der Waals surface area contributed by atoms with Crippen LogP contribution in [0.2, 0.25) is 0 Å². The molecule has 1 atom stereocenters. The summed E-state index contributed by atoms with van der Waals surface area (Å²) in [5, 5.41) is 0.